The van der Waals surface area contributed by atoms with Crippen LogP contribution in [0.3, 0.4) is 0 Å². The van der Waals surface area contributed by atoms with Crippen LogP contribution in [0.4, 0.5) is 0 Å². The van der Waals surface area contributed by atoms with E-state index in [1.54, 1.807) is 30.3 Å². The first-order valence-corrected chi connectivity index (χ1v) is 11.8. The van der Waals surface area contributed by atoms with Gasteiger partial charge in [0, 0.05) is 5.02 Å². The molecular formula is C22H20Cl2N2O4S. The van der Waals surface area contributed by atoms with Gasteiger partial charge in [-0.05, 0) is 47.7 Å². The average molecular weight is 479 g/mol. The molecule has 9 heteroatoms. The molecule has 0 N–H and O–H groups in total. The van der Waals surface area contributed by atoms with Gasteiger partial charge in [0.1, 0.15) is 5.75 Å². The third-order valence-corrected chi connectivity index (χ3v) is 6.45. The Labute approximate surface area is 191 Å². The van der Waals surface area contributed by atoms with Gasteiger partial charge >= 0.3 is 5.97 Å². The summed E-state index contributed by atoms with van der Waals surface area (Å²) >= 11 is 11.9. The molecule has 0 saturated heterocycles. The molecule has 31 heavy (non-hydrogen) atoms. The smallest absolute Gasteiger partial charge is 0.364 e. The van der Waals surface area contributed by atoms with Gasteiger partial charge in [-0.3, -0.25) is 0 Å². The Morgan fingerprint density at radius 2 is 1.77 bits per heavy atom. The fourth-order valence-corrected chi connectivity index (χ4v) is 4.36. The van der Waals surface area contributed by atoms with Crippen LogP contribution in [-0.4, -0.2) is 24.4 Å². The largest absolute Gasteiger partial charge is 0.421 e. The fraction of sp³-hybridized carbons (Fsp3) is 0.227. The van der Waals surface area contributed by atoms with E-state index in [4.69, 9.17) is 27.9 Å². The molecule has 0 radical (unpaired) electrons. The van der Waals surface area contributed by atoms with E-state index in [2.05, 4.69) is 9.97 Å². The summed E-state index contributed by atoms with van der Waals surface area (Å²) in [5.74, 6) is -0.724. The first kappa shape index (κ1) is 23.2. The topological polar surface area (TPSA) is 86.2 Å². The van der Waals surface area contributed by atoms with Gasteiger partial charge in [-0.1, -0.05) is 61.3 Å². The van der Waals surface area contributed by atoms with Crippen molar-refractivity contribution in [3.8, 4) is 5.75 Å². The summed E-state index contributed by atoms with van der Waals surface area (Å²) in [5.41, 5.74) is 1.93. The van der Waals surface area contributed by atoms with Gasteiger partial charge < -0.3 is 4.74 Å². The van der Waals surface area contributed by atoms with E-state index < -0.39 is 21.0 Å². The molecule has 0 aliphatic rings. The summed E-state index contributed by atoms with van der Waals surface area (Å²) in [6, 6.07) is 11.9. The highest BCUT2D eigenvalue weighted by molar-refractivity contribution is 7.90. The molecule has 0 spiro atoms. The van der Waals surface area contributed by atoms with Crippen LogP contribution < -0.4 is 4.74 Å². The Morgan fingerprint density at radius 3 is 2.42 bits per heavy atom. The van der Waals surface area contributed by atoms with Gasteiger partial charge in [-0.25, -0.2) is 23.2 Å². The molecule has 1 aromatic heterocycles. The monoisotopic (exact) mass is 478 g/mol. The predicted molar refractivity (Wildman–Crippen MR) is 120 cm³/mol. The second-order valence-corrected chi connectivity index (χ2v) is 10.0. The number of halogens is 2. The molecule has 0 unspecified atom stereocenters. The van der Waals surface area contributed by atoms with E-state index >= 15 is 0 Å². The second kappa shape index (κ2) is 9.34. The molecule has 3 aromatic rings. The summed E-state index contributed by atoms with van der Waals surface area (Å²) in [6.07, 6.45) is 1.08. The molecule has 0 aliphatic carbocycles. The van der Waals surface area contributed by atoms with Crippen molar-refractivity contribution in [2.24, 2.45) is 0 Å². The van der Waals surface area contributed by atoms with Gasteiger partial charge in [0.05, 0.1) is 17.0 Å². The van der Waals surface area contributed by atoms with Crippen molar-refractivity contribution >= 4 is 39.0 Å². The maximum atomic E-state index is 12.8. The van der Waals surface area contributed by atoms with Crippen LogP contribution in [0.15, 0.2) is 53.8 Å². The third kappa shape index (κ3) is 5.61. The maximum Gasteiger partial charge on any atom is 0.364 e. The fourth-order valence-electron chi connectivity index (χ4n) is 2.86. The summed E-state index contributed by atoms with van der Waals surface area (Å²) in [7, 11) is -3.93. The zero-order chi connectivity index (χ0) is 22.8. The molecule has 6 nitrogen and oxygen atoms in total. The van der Waals surface area contributed by atoms with Gasteiger partial charge in [-0.2, -0.15) is 0 Å². The molecule has 0 aliphatic heterocycles. The zero-order valence-corrected chi connectivity index (χ0v) is 19.4. The number of hydrogen-bond acceptors (Lipinski definition) is 6. The quantitative estimate of drug-likeness (QED) is 0.267. The minimum atomic E-state index is -3.93. The lowest BCUT2D eigenvalue weighted by atomic mass is 10.0. The Hall–Kier alpha value is -2.48. The highest BCUT2D eigenvalue weighted by Crippen LogP contribution is 2.29. The Kier molecular flexibility index (Phi) is 6.99. The molecule has 0 amide bonds. The van der Waals surface area contributed by atoms with Crippen LogP contribution in [0.2, 0.25) is 10.0 Å². The summed E-state index contributed by atoms with van der Waals surface area (Å²) in [4.78, 5) is 20.5. The van der Waals surface area contributed by atoms with Crippen molar-refractivity contribution in [1.29, 1.82) is 0 Å². The van der Waals surface area contributed by atoms with Crippen LogP contribution in [-0.2, 0) is 15.6 Å². The van der Waals surface area contributed by atoms with E-state index in [1.165, 1.54) is 0 Å². The first-order valence-electron chi connectivity index (χ1n) is 9.39. The van der Waals surface area contributed by atoms with Crippen LogP contribution in [0.25, 0.3) is 0 Å². The Morgan fingerprint density at radius 1 is 1.10 bits per heavy atom. The number of carbonyl (C=O) groups is 1. The van der Waals surface area contributed by atoms with Gasteiger partial charge in [0.15, 0.2) is 5.69 Å². The molecule has 0 saturated carbocycles. The van der Waals surface area contributed by atoms with Crippen molar-refractivity contribution < 1.29 is 17.9 Å². The summed E-state index contributed by atoms with van der Waals surface area (Å²) in [5, 5.41) is -0.118. The minimum Gasteiger partial charge on any atom is -0.421 e. The highest BCUT2D eigenvalue weighted by Gasteiger charge is 2.25. The van der Waals surface area contributed by atoms with Crippen molar-refractivity contribution in [3.05, 3.63) is 81.1 Å². The molecule has 2 aromatic carbocycles. The van der Waals surface area contributed by atoms with Crippen molar-refractivity contribution in [2.75, 3.05) is 0 Å². The van der Waals surface area contributed by atoms with E-state index in [1.807, 2.05) is 32.9 Å². The van der Waals surface area contributed by atoms with Crippen LogP contribution in [0.1, 0.15) is 46.9 Å². The van der Waals surface area contributed by atoms with Gasteiger partial charge in [-0.15, -0.1) is 0 Å². The van der Waals surface area contributed by atoms with E-state index in [0.29, 0.717) is 16.3 Å². The Bertz CT molecular complexity index is 1230. The summed E-state index contributed by atoms with van der Waals surface area (Å²) in [6.45, 7) is 5.82. The van der Waals surface area contributed by atoms with Crippen LogP contribution in [0, 0.1) is 6.92 Å². The van der Waals surface area contributed by atoms with Gasteiger partial charge in [0.2, 0.25) is 15.0 Å². The minimum absolute atomic E-state index is 0.103. The number of ether oxygens (including phenoxy) is 1. The lowest BCUT2D eigenvalue weighted by Gasteiger charge is -2.14. The van der Waals surface area contributed by atoms with E-state index in [0.717, 1.165) is 17.3 Å². The molecule has 162 valence electrons. The number of aromatic nitrogens is 2. The molecule has 0 atom stereocenters. The SMILES string of the molecule is Cc1ccc(C(C)C)c(OC(=O)c2nc(S(=O)(=O)Cc3ccc(Cl)cc3)ncc2Cl)c1. The molecular weight excluding hydrogens is 459 g/mol. The Balaban J connectivity index is 1.91. The van der Waals surface area contributed by atoms with E-state index in [-0.39, 0.29) is 22.4 Å². The van der Waals surface area contributed by atoms with Crippen molar-refractivity contribution in [3.63, 3.8) is 0 Å². The number of benzene rings is 2. The lowest BCUT2D eigenvalue weighted by Crippen LogP contribution is -2.17. The molecule has 1 heterocycles. The number of sulfone groups is 1. The number of esters is 1. The number of carbonyl (C=O) groups excluding carboxylic acids is 1. The number of aryl methyl sites for hydroxylation is 1. The summed E-state index contributed by atoms with van der Waals surface area (Å²) < 4.78 is 31.1. The first-order chi connectivity index (χ1) is 14.6. The average Bonchev–Trinajstić information content (AvgIpc) is 2.69. The highest BCUT2D eigenvalue weighted by atomic mass is 35.5. The second-order valence-electron chi connectivity index (χ2n) is 7.32. The van der Waals surface area contributed by atoms with Crippen LogP contribution >= 0.6 is 23.2 Å². The molecule has 0 bridgehead atoms. The van der Waals surface area contributed by atoms with E-state index in [9.17, 15) is 13.2 Å². The van der Waals surface area contributed by atoms with Crippen LogP contribution in [0.5, 0.6) is 5.75 Å². The normalized spacial score (nSPS) is 11.5. The van der Waals surface area contributed by atoms with Crippen molar-refractivity contribution in [2.45, 2.75) is 37.6 Å². The number of nitrogens with zero attached hydrogens (tertiary/aromatic N) is 2. The third-order valence-electron chi connectivity index (χ3n) is 4.46. The lowest BCUT2D eigenvalue weighted by molar-refractivity contribution is 0.0725. The predicted octanol–water partition coefficient (Wildman–Crippen LogP) is 5.41. The van der Waals surface area contributed by atoms with Crippen molar-refractivity contribution in [1.82, 2.24) is 9.97 Å². The number of rotatable bonds is 6. The maximum absolute atomic E-state index is 12.8. The number of hydrogen-bond donors (Lipinski definition) is 0. The molecule has 0 fully saturated rings. The zero-order valence-electron chi connectivity index (χ0n) is 17.1. The molecule has 3 rings (SSSR count). The van der Waals surface area contributed by atoms with Gasteiger partial charge in [0.25, 0.3) is 0 Å². The standard InChI is InChI=1S/C22H20Cl2N2O4S/c1-13(2)17-9-4-14(3)10-19(17)30-21(27)20-18(24)11-25-22(26-20)31(28,29)12-15-5-7-16(23)8-6-15/h4-11,13H,12H2,1-3H3.